The Balaban J connectivity index is 1.86. The van der Waals surface area contributed by atoms with Gasteiger partial charge in [0.25, 0.3) is 0 Å². The second-order valence-corrected chi connectivity index (χ2v) is 6.64. The minimum atomic E-state index is -3.78. The lowest BCUT2D eigenvalue weighted by molar-refractivity contribution is -0.143. The molecule has 0 unspecified atom stereocenters. The van der Waals surface area contributed by atoms with Crippen LogP contribution in [0, 0.1) is 0 Å². The number of hydrogen-bond donors (Lipinski definition) is 1. The number of esters is 1. The third-order valence-electron chi connectivity index (χ3n) is 3.09. The maximum atomic E-state index is 12.1. The Morgan fingerprint density at radius 2 is 1.71 bits per heavy atom. The average Bonchev–Trinajstić information content (AvgIpc) is 2.60. The fourth-order valence-electron chi connectivity index (χ4n) is 1.91. The van der Waals surface area contributed by atoms with Crippen LogP contribution < -0.4 is 9.46 Å². The normalized spacial score (nSPS) is 11.0. The van der Waals surface area contributed by atoms with Gasteiger partial charge in [0.05, 0.1) is 11.5 Å². The number of benzene rings is 2. The molecule has 2 aromatic rings. The number of rotatable bonds is 8. The van der Waals surface area contributed by atoms with E-state index in [2.05, 4.69) is 4.72 Å². The fraction of sp³-hybridized carbons (Fsp3) is 0.235. The third kappa shape index (κ3) is 5.36. The van der Waals surface area contributed by atoms with E-state index in [0.717, 1.165) is 5.56 Å². The van der Waals surface area contributed by atoms with Crippen molar-refractivity contribution in [2.24, 2.45) is 0 Å². The molecule has 0 fully saturated rings. The van der Waals surface area contributed by atoms with Crippen LogP contribution >= 0.6 is 0 Å². The van der Waals surface area contributed by atoms with Crippen molar-refractivity contribution in [3.63, 3.8) is 0 Å². The number of nitrogens with one attached hydrogen (secondary N) is 1. The van der Waals surface area contributed by atoms with Crippen molar-refractivity contribution in [2.75, 3.05) is 13.2 Å². The van der Waals surface area contributed by atoms with Crippen LogP contribution in [-0.4, -0.2) is 27.5 Å². The molecule has 1 N–H and O–H groups in total. The largest absolute Gasteiger partial charge is 0.494 e. The van der Waals surface area contributed by atoms with Crippen molar-refractivity contribution in [3.05, 3.63) is 60.2 Å². The van der Waals surface area contributed by atoms with Gasteiger partial charge in [-0.2, -0.15) is 4.72 Å². The van der Waals surface area contributed by atoms with E-state index < -0.39 is 22.5 Å². The van der Waals surface area contributed by atoms with Gasteiger partial charge in [0.2, 0.25) is 10.0 Å². The molecule has 0 aliphatic heterocycles. The van der Waals surface area contributed by atoms with E-state index in [-0.39, 0.29) is 11.5 Å². The lowest BCUT2D eigenvalue weighted by atomic mass is 10.2. The van der Waals surface area contributed by atoms with E-state index in [0.29, 0.717) is 12.4 Å². The first-order valence-electron chi connectivity index (χ1n) is 7.43. The van der Waals surface area contributed by atoms with Gasteiger partial charge in [0, 0.05) is 0 Å². The zero-order valence-electron chi connectivity index (χ0n) is 13.3. The first kappa shape index (κ1) is 18.0. The fourth-order valence-corrected chi connectivity index (χ4v) is 2.88. The molecule has 0 saturated carbocycles. The van der Waals surface area contributed by atoms with E-state index in [9.17, 15) is 13.2 Å². The van der Waals surface area contributed by atoms with Crippen molar-refractivity contribution in [1.29, 1.82) is 0 Å². The zero-order chi connectivity index (χ0) is 17.4. The smallest absolute Gasteiger partial charge is 0.321 e. The highest BCUT2D eigenvalue weighted by atomic mass is 32.2. The predicted octanol–water partition coefficient (Wildman–Crippen LogP) is 2.11. The van der Waals surface area contributed by atoms with Gasteiger partial charge in [-0.25, -0.2) is 8.42 Å². The molecule has 7 heteroatoms. The molecule has 0 atom stereocenters. The van der Waals surface area contributed by atoms with Crippen LogP contribution in [0.4, 0.5) is 0 Å². The Hall–Kier alpha value is -2.38. The summed E-state index contributed by atoms with van der Waals surface area (Å²) < 4.78 is 36.7. The molecule has 2 aromatic carbocycles. The number of carbonyl (C=O) groups is 1. The Kier molecular flexibility index (Phi) is 6.34. The van der Waals surface area contributed by atoms with Crippen molar-refractivity contribution in [2.45, 2.75) is 18.4 Å². The Bertz CT molecular complexity index is 757. The van der Waals surface area contributed by atoms with E-state index >= 15 is 0 Å². The van der Waals surface area contributed by atoms with Crippen LogP contribution in [-0.2, 0) is 26.2 Å². The highest BCUT2D eigenvalue weighted by Gasteiger charge is 2.16. The van der Waals surface area contributed by atoms with Gasteiger partial charge in [0.1, 0.15) is 18.9 Å². The lowest BCUT2D eigenvalue weighted by Crippen LogP contribution is -2.30. The molecule has 0 radical (unpaired) electrons. The Labute approximate surface area is 141 Å². The van der Waals surface area contributed by atoms with Crippen LogP contribution in [0.1, 0.15) is 12.5 Å². The van der Waals surface area contributed by atoms with Crippen LogP contribution in [0.2, 0.25) is 0 Å². The van der Waals surface area contributed by atoms with E-state index in [1.54, 1.807) is 12.1 Å². The quantitative estimate of drug-likeness (QED) is 0.738. The highest BCUT2D eigenvalue weighted by Crippen LogP contribution is 2.15. The summed E-state index contributed by atoms with van der Waals surface area (Å²) in [5.41, 5.74) is 0.834. The number of hydrogen-bond acceptors (Lipinski definition) is 5. The van der Waals surface area contributed by atoms with Gasteiger partial charge in [-0.3, -0.25) is 4.79 Å². The summed E-state index contributed by atoms with van der Waals surface area (Å²) in [4.78, 5) is 11.7. The van der Waals surface area contributed by atoms with Crippen LogP contribution in [0.25, 0.3) is 0 Å². The summed E-state index contributed by atoms with van der Waals surface area (Å²) in [6, 6.07) is 15.1. The zero-order valence-corrected chi connectivity index (χ0v) is 14.1. The molecule has 0 saturated heterocycles. The maximum Gasteiger partial charge on any atom is 0.321 e. The predicted molar refractivity (Wildman–Crippen MR) is 89.0 cm³/mol. The monoisotopic (exact) mass is 349 g/mol. The van der Waals surface area contributed by atoms with E-state index in [4.69, 9.17) is 9.47 Å². The van der Waals surface area contributed by atoms with Crippen molar-refractivity contribution < 1.29 is 22.7 Å². The van der Waals surface area contributed by atoms with Crippen molar-refractivity contribution in [1.82, 2.24) is 4.72 Å². The molecule has 0 spiro atoms. The standard InChI is InChI=1S/C17H19NO5S/c1-2-22-15-8-10-16(11-9-15)24(20,21)18-12-17(19)23-13-14-6-4-3-5-7-14/h3-11,18H,2,12-13H2,1H3. The number of carbonyl (C=O) groups excluding carboxylic acids is 1. The number of sulfonamides is 1. The first-order chi connectivity index (χ1) is 11.5. The van der Waals surface area contributed by atoms with Crippen LogP contribution in [0.15, 0.2) is 59.5 Å². The molecule has 0 bridgehead atoms. The van der Waals surface area contributed by atoms with Crippen LogP contribution in [0.5, 0.6) is 5.75 Å². The molecule has 2 rings (SSSR count). The van der Waals surface area contributed by atoms with Crippen LogP contribution in [0.3, 0.4) is 0 Å². The van der Waals surface area contributed by atoms with Gasteiger partial charge in [0.15, 0.2) is 0 Å². The summed E-state index contributed by atoms with van der Waals surface area (Å²) in [5.74, 6) is -0.0629. The second kappa shape index (κ2) is 8.47. The molecule has 128 valence electrons. The first-order valence-corrected chi connectivity index (χ1v) is 8.91. The molecule has 0 aliphatic carbocycles. The van der Waals surface area contributed by atoms with Crippen molar-refractivity contribution >= 4 is 16.0 Å². The SMILES string of the molecule is CCOc1ccc(S(=O)(=O)NCC(=O)OCc2ccccc2)cc1. The minimum Gasteiger partial charge on any atom is -0.494 e. The average molecular weight is 349 g/mol. The molecule has 24 heavy (non-hydrogen) atoms. The summed E-state index contributed by atoms with van der Waals surface area (Å²) in [6.45, 7) is 2.01. The Morgan fingerprint density at radius 3 is 2.33 bits per heavy atom. The van der Waals surface area contributed by atoms with E-state index in [1.165, 1.54) is 12.1 Å². The topological polar surface area (TPSA) is 81.7 Å². The summed E-state index contributed by atoms with van der Waals surface area (Å²) in [7, 11) is -3.78. The molecule has 0 aromatic heterocycles. The molecular weight excluding hydrogens is 330 g/mol. The Morgan fingerprint density at radius 1 is 1.04 bits per heavy atom. The van der Waals surface area contributed by atoms with E-state index in [1.807, 2.05) is 37.3 Å². The van der Waals surface area contributed by atoms with Gasteiger partial charge < -0.3 is 9.47 Å². The summed E-state index contributed by atoms with van der Waals surface area (Å²) in [6.07, 6.45) is 0. The van der Waals surface area contributed by atoms with Gasteiger partial charge in [-0.15, -0.1) is 0 Å². The summed E-state index contributed by atoms with van der Waals surface area (Å²) >= 11 is 0. The lowest BCUT2D eigenvalue weighted by Gasteiger charge is -2.08. The van der Waals surface area contributed by atoms with Gasteiger partial charge in [-0.05, 0) is 36.8 Å². The highest BCUT2D eigenvalue weighted by molar-refractivity contribution is 7.89. The molecule has 0 heterocycles. The minimum absolute atomic E-state index is 0.0572. The number of ether oxygens (including phenoxy) is 2. The van der Waals surface area contributed by atoms with Crippen molar-refractivity contribution in [3.8, 4) is 5.75 Å². The third-order valence-corrected chi connectivity index (χ3v) is 4.51. The molecule has 6 nitrogen and oxygen atoms in total. The molecular formula is C17H19NO5S. The maximum absolute atomic E-state index is 12.1. The molecule has 0 amide bonds. The molecule has 0 aliphatic rings. The second-order valence-electron chi connectivity index (χ2n) is 4.88. The van der Waals surface area contributed by atoms with Gasteiger partial charge >= 0.3 is 5.97 Å². The van der Waals surface area contributed by atoms with Gasteiger partial charge in [-0.1, -0.05) is 30.3 Å². The summed E-state index contributed by atoms with van der Waals surface area (Å²) in [5, 5.41) is 0.